The van der Waals surface area contributed by atoms with Crippen LogP contribution < -0.4 is 0 Å². The Labute approximate surface area is 336 Å². The van der Waals surface area contributed by atoms with Crippen molar-refractivity contribution >= 4 is 0 Å². The predicted octanol–water partition coefficient (Wildman–Crippen LogP) is 14.4. The first-order valence-electron chi connectivity index (χ1n) is 23.5. The molecule has 0 spiro atoms. The van der Waals surface area contributed by atoms with Crippen LogP contribution in [0.2, 0.25) is 0 Å². The lowest BCUT2D eigenvalue weighted by Crippen LogP contribution is -2.27. The molecule has 0 aliphatic rings. The van der Waals surface area contributed by atoms with E-state index in [1.807, 2.05) is 0 Å². The third-order valence-corrected chi connectivity index (χ3v) is 11.1. The first kappa shape index (κ1) is 48.4. The van der Waals surface area contributed by atoms with Crippen molar-refractivity contribution in [2.24, 2.45) is 0 Å². The van der Waals surface area contributed by atoms with Crippen molar-refractivity contribution in [2.75, 3.05) is 52.5 Å². The predicted molar refractivity (Wildman–Crippen MR) is 238 cm³/mol. The normalized spacial score (nSPS) is 11.7. The molecule has 0 unspecified atom stereocenters. The van der Waals surface area contributed by atoms with Gasteiger partial charge in [0.25, 0.3) is 0 Å². The van der Waals surface area contributed by atoms with E-state index in [9.17, 15) is 0 Å². The van der Waals surface area contributed by atoms with Gasteiger partial charge in [-0.3, -0.25) is 0 Å². The van der Waals surface area contributed by atoms with Crippen molar-refractivity contribution in [1.82, 2.24) is 9.80 Å². The fraction of sp³-hybridized carbons (Fsp3) is 0.760. The number of hydrogen-bond donors (Lipinski definition) is 0. The van der Waals surface area contributed by atoms with E-state index in [-0.39, 0.29) is 0 Å². The average Bonchev–Trinajstić information content (AvgIpc) is 3.19. The van der Waals surface area contributed by atoms with Crippen LogP contribution in [-0.4, -0.2) is 62.3 Å². The Kier molecular flexibility index (Phi) is 32.0. The summed E-state index contributed by atoms with van der Waals surface area (Å²) in [6.45, 7) is 19.8. The Morgan fingerprint density at radius 3 is 0.963 bits per heavy atom. The fourth-order valence-corrected chi connectivity index (χ4v) is 7.57. The highest BCUT2D eigenvalue weighted by molar-refractivity contribution is 5.64. The van der Waals surface area contributed by atoms with Gasteiger partial charge in [0.05, 0.1) is 13.2 Å². The Morgan fingerprint density at radius 2 is 0.648 bits per heavy atom. The highest BCUT2D eigenvalue weighted by atomic mass is 16.5. The molecular formula is C50H88N2O2. The van der Waals surface area contributed by atoms with Crippen LogP contribution in [0, 0.1) is 0 Å². The molecule has 0 radical (unpaired) electrons. The van der Waals surface area contributed by atoms with E-state index in [0.29, 0.717) is 13.2 Å². The largest absolute Gasteiger partial charge is 0.377 e. The molecule has 0 aliphatic heterocycles. The standard InChI is InChI=1S/C50H88N2O2/c1-5-9-13-17-21-35-51(36-22-18-14-10-6-2)39-25-27-41-53-45-47-31-29-33-49(43-47)50-34-30-32-48(44-50)46-54-42-28-26-40-52(37-23-19-15-11-7-3)38-24-20-16-12-8-4/h29-34,43-44H,5-28,35-42,45-46H2,1-4H3. The van der Waals surface area contributed by atoms with Crippen LogP contribution >= 0.6 is 0 Å². The van der Waals surface area contributed by atoms with E-state index >= 15 is 0 Å². The summed E-state index contributed by atoms with van der Waals surface area (Å²) in [6.07, 6.45) is 32.2. The van der Waals surface area contributed by atoms with Gasteiger partial charge < -0.3 is 19.3 Å². The fourth-order valence-electron chi connectivity index (χ4n) is 7.57. The lowest BCUT2D eigenvalue weighted by Gasteiger charge is -2.22. The molecule has 54 heavy (non-hydrogen) atoms. The molecule has 4 heteroatoms. The molecule has 0 amide bonds. The van der Waals surface area contributed by atoms with Gasteiger partial charge in [-0.2, -0.15) is 0 Å². The summed E-state index contributed by atoms with van der Waals surface area (Å²) in [5, 5.41) is 0. The molecule has 0 saturated carbocycles. The molecule has 0 aliphatic carbocycles. The van der Waals surface area contributed by atoms with Crippen molar-refractivity contribution in [1.29, 1.82) is 0 Å². The molecule has 310 valence electrons. The van der Waals surface area contributed by atoms with Crippen LogP contribution in [0.15, 0.2) is 48.5 Å². The lowest BCUT2D eigenvalue weighted by molar-refractivity contribution is 0.113. The number of hydrogen-bond acceptors (Lipinski definition) is 4. The van der Waals surface area contributed by atoms with Gasteiger partial charge in [-0.05, 0) is 125 Å². The summed E-state index contributed by atoms with van der Waals surface area (Å²) in [7, 11) is 0. The van der Waals surface area contributed by atoms with Crippen LogP contribution in [-0.2, 0) is 22.7 Å². The minimum atomic E-state index is 0.685. The second-order valence-electron chi connectivity index (χ2n) is 16.3. The summed E-state index contributed by atoms with van der Waals surface area (Å²) in [6, 6.07) is 17.8. The van der Waals surface area contributed by atoms with Gasteiger partial charge in [0.1, 0.15) is 0 Å². The Bertz CT molecular complexity index is 976. The van der Waals surface area contributed by atoms with Crippen molar-refractivity contribution in [3.05, 3.63) is 59.7 Å². The SMILES string of the molecule is CCCCCCCN(CCCCCCC)CCCCOCc1cccc(-c2cccc(COCCCCN(CCCCCCC)CCCCCCC)c2)c1. The first-order chi connectivity index (χ1) is 26.7. The molecule has 0 heterocycles. The molecule has 2 aromatic rings. The average molecular weight is 749 g/mol. The zero-order valence-electron chi connectivity index (χ0n) is 36.4. The molecule has 2 rings (SSSR count). The number of rotatable bonds is 39. The molecule has 0 fully saturated rings. The van der Waals surface area contributed by atoms with Gasteiger partial charge in [0.15, 0.2) is 0 Å². The lowest BCUT2D eigenvalue weighted by atomic mass is 10.0. The number of benzene rings is 2. The van der Waals surface area contributed by atoms with Crippen molar-refractivity contribution in [3.63, 3.8) is 0 Å². The molecule has 0 saturated heterocycles. The summed E-state index contributed by atoms with van der Waals surface area (Å²) in [5.74, 6) is 0. The minimum Gasteiger partial charge on any atom is -0.377 e. The van der Waals surface area contributed by atoms with E-state index in [2.05, 4.69) is 86.0 Å². The maximum atomic E-state index is 6.19. The van der Waals surface area contributed by atoms with E-state index < -0.39 is 0 Å². The van der Waals surface area contributed by atoms with Crippen molar-refractivity contribution in [2.45, 2.75) is 195 Å². The zero-order valence-corrected chi connectivity index (χ0v) is 36.4. The maximum Gasteiger partial charge on any atom is 0.0717 e. The van der Waals surface area contributed by atoms with Gasteiger partial charge >= 0.3 is 0 Å². The maximum absolute atomic E-state index is 6.19. The highest BCUT2D eigenvalue weighted by Crippen LogP contribution is 2.23. The number of ether oxygens (including phenoxy) is 2. The van der Waals surface area contributed by atoms with Crippen LogP contribution in [0.4, 0.5) is 0 Å². The molecule has 0 N–H and O–H groups in total. The Balaban J connectivity index is 1.69. The molecule has 4 nitrogen and oxygen atoms in total. The number of nitrogens with zero attached hydrogens (tertiary/aromatic N) is 2. The van der Waals surface area contributed by atoms with Gasteiger partial charge in [-0.15, -0.1) is 0 Å². The first-order valence-corrected chi connectivity index (χ1v) is 23.5. The summed E-state index contributed by atoms with van der Waals surface area (Å²) in [4.78, 5) is 5.48. The smallest absolute Gasteiger partial charge is 0.0717 e. The monoisotopic (exact) mass is 749 g/mol. The van der Waals surface area contributed by atoms with Crippen LogP contribution in [0.1, 0.15) is 193 Å². The van der Waals surface area contributed by atoms with Crippen LogP contribution in [0.5, 0.6) is 0 Å². The van der Waals surface area contributed by atoms with E-state index in [1.54, 1.807) is 0 Å². The van der Waals surface area contributed by atoms with Gasteiger partial charge in [0.2, 0.25) is 0 Å². The molecule has 0 atom stereocenters. The molecule has 2 aromatic carbocycles. The minimum absolute atomic E-state index is 0.685. The van der Waals surface area contributed by atoms with E-state index in [1.165, 1.54) is 203 Å². The second kappa shape index (κ2) is 35.7. The van der Waals surface area contributed by atoms with Crippen molar-refractivity contribution < 1.29 is 9.47 Å². The Morgan fingerprint density at radius 1 is 0.352 bits per heavy atom. The molecule has 0 aromatic heterocycles. The summed E-state index contributed by atoms with van der Waals surface area (Å²) >= 11 is 0. The topological polar surface area (TPSA) is 24.9 Å². The third kappa shape index (κ3) is 26.2. The van der Waals surface area contributed by atoms with Gasteiger partial charge in [0, 0.05) is 13.2 Å². The zero-order chi connectivity index (χ0) is 38.6. The van der Waals surface area contributed by atoms with Crippen LogP contribution in [0.25, 0.3) is 11.1 Å². The molecular weight excluding hydrogens is 661 g/mol. The second-order valence-corrected chi connectivity index (χ2v) is 16.3. The van der Waals surface area contributed by atoms with Gasteiger partial charge in [-0.25, -0.2) is 0 Å². The summed E-state index contributed by atoms with van der Waals surface area (Å²) < 4.78 is 12.4. The summed E-state index contributed by atoms with van der Waals surface area (Å²) in [5.41, 5.74) is 5.03. The third-order valence-electron chi connectivity index (χ3n) is 11.1. The van der Waals surface area contributed by atoms with E-state index in [4.69, 9.17) is 9.47 Å². The van der Waals surface area contributed by atoms with Crippen molar-refractivity contribution in [3.8, 4) is 11.1 Å². The quantitative estimate of drug-likeness (QED) is 0.0636. The highest BCUT2D eigenvalue weighted by Gasteiger charge is 2.08. The molecule has 0 bridgehead atoms. The Hall–Kier alpha value is -1.72. The van der Waals surface area contributed by atoms with E-state index in [0.717, 1.165) is 26.1 Å². The van der Waals surface area contributed by atoms with Crippen LogP contribution in [0.3, 0.4) is 0 Å². The van der Waals surface area contributed by atoms with Gasteiger partial charge in [-0.1, -0.05) is 167 Å². The number of unbranched alkanes of at least 4 members (excludes halogenated alkanes) is 18.